The number of fused-ring (bicyclic) bond motifs is 1. The zero-order valence-corrected chi connectivity index (χ0v) is 13.3. The number of nitrogens with zero attached hydrogens (tertiary/aromatic N) is 1. The number of para-hydroxylation sites is 1. The van der Waals surface area contributed by atoms with E-state index in [1.807, 2.05) is 45.0 Å². The maximum Gasteiger partial charge on any atom is 0.234 e. The fourth-order valence-corrected chi connectivity index (χ4v) is 2.89. The van der Waals surface area contributed by atoms with E-state index in [2.05, 4.69) is 6.08 Å². The molecule has 0 saturated heterocycles. The van der Waals surface area contributed by atoms with Crippen molar-refractivity contribution in [2.75, 3.05) is 4.90 Å². The molecule has 2 rings (SSSR count). The molecule has 1 aliphatic rings. The summed E-state index contributed by atoms with van der Waals surface area (Å²) in [4.78, 5) is 1.74. The van der Waals surface area contributed by atoms with Crippen molar-refractivity contribution >= 4 is 46.1 Å². The highest BCUT2D eigenvalue weighted by atomic mass is 35.6. The van der Waals surface area contributed by atoms with E-state index in [9.17, 15) is 5.11 Å². The SMILES string of the molecule is CC1=CC(C)(C)N(C(O)C(Cl)(Cl)Cl)c2ccccc21. The maximum absolute atomic E-state index is 10.4. The van der Waals surface area contributed by atoms with Crippen molar-refractivity contribution in [3.05, 3.63) is 35.9 Å². The molecule has 0 fully saturated rings. The summed E-state index contributed by atoms with van der Waals surface area (Å²) < 4.78 is -1.77. The van der Waals surface area contributed by atoms with Gasteiger partial charge in [-0.05, 0) is 32.4 Å². The number of hydrogen-bond acceptors (Lipinski definition) is 2. The van der Waals surface area contributed by atoms with Crippen LogP contribution in [0.2, 0.25) is 0 Å². The van der Waals surface area contributed by atoms with Crippen LogP contribution in [-0.4, -0.2) is 20.7 Å². The third-order valence-corrected chi connectivity index (χ3v) is 3.90. The minimum atomic E-state index is -1.77. The summed E-state index contributed by atoms with van der Waals surface area (Å²) in [7, 11) is 0. The number of rotatable bonds is 1. The van der Waals surface area contributed by atoms with E-state index >= 15 is 0 Å². The van der Waals surface area contributed by atoms with E-state index in [-0.39, 0.29) is 0 Å². The van der Waals surface area contributed by atoms with E-state index in [4.69, 9.17) is 34.8 Å². The first-order valence-corrected chi connectivity index (χ1v) is 7.11. The molecule has 1 heterocycles. The van der Waals surface area contributed by atoms with Crippen molar-refractivity contribution in [2.45, 2.75) is 36.3 Å². The van der Waals surface area contributed by atoms with Gasteiger partial charge in [-0.15, -0.1) is 0 Å². The smallest absolute Gasteiger partial charge is 0.234 e. The van der Waals surface area contributed by atoms with Gasteiger partial charge in [0.2, 0.25) is 3.79 Å². The molecule has 0 aliphatic carbocycles. The lowest BCUT2D eigenvalue weighted by atomic mass is 9.88. The average molecular weight is 321 g/mol. The Hall–Kier alpha value is -0.410. The van der Waals surface area contributed by atoms with Gasteiger partial charge >= 0.3 is 0 Å². The van der Waals surface area contributed by atoms with Crippen molar-refractivity contribution in [1.29, 1.82) is 0 Å². The van der Waals surface area contributed by atoms with Gasteiger partial charge in [0.1, 0.15) is 0 Å². The van der Waals surface area contributed by atoms with Crippen LogP contribution < -0.4 is 4.90 Å². The van der Waals surface area contributed by atoms with Crippen LogP contribution in [0.4, 0.5) is 5.69 Å². The molecule has 0 amide bonds. The van der Waals surface area contributed by atoms with Crippen molar-refractivity contribution in [3.63, 3.8) is 0 Å². The number of anilines is 1. The van der Waals surface area contributed by atoms with Gasteiger partial charge in [-0.1, -0.05) is 59.1 Å². The van der Waals surface area contributed by atoms with Crippen LogP contribution in [0.1, 0.15) is 26.3 Å². The quantitative estimate of drug-likeness (QED) is 0.776. The van der Waals surface area contributed by atoms with Crippen molar-refractivity contribution < 1.29 is 5.11 Å². The second kappa shape index (κ2) is 4.85. The van der Waals surface area contributed by atoms with E-state index in [1.54, 1.807) is 4.90 Å². The summed E-state index contributed by atoms with van der Waals surface area (Å²) in [5, 5.41) is 10.4. The van der Waals surface area contributed by atoms with Crippen LogP contribution in [-0.2, 0) is 0 Å². The molecule has 19 heavy (non-hydrogen) atoms. The van der Waals surface area contributed by atoms with Gasteiger partial charge in [0.25, 0.3) is 0 Å². The van der Waals surface area contributed by atoms with E-state index in [0.717, 1.165) is 16.8 Å². The number of aliphatic hydroxyl groups is 1. The second-order valence-electron chi connectivity index (χ2n) is 5.28. The Bertz CT molecular complexity index is 520. The van der Waals surface area contributed by atoms with Crippen LogP contribution >= 0.6 is 34.8 Å². The van der Waals surface area contributed by atoms with Crippen molar-refractivity contribution in [3.8, 4) is 0 Å². The Kier molecular flexibility index (Phi) is 3.83. The Morgan fingerprint density at radius 3 is 2.37 bits per heavy atom. The fourth-order valence-electron chi connectivity index (χ4n) is 2.60. The van der Waals surface area contributed by atoms with Crippen LogP contribution in [0.5, 0.6) is 0 Å². The van der Waals surface area contributed by atoms with Gasteiger partial charge in [-0.3, -0.25) is 0 Å². The van der Waals surface area contributed by atoms with Crippen LogP contribution in [0.25, 0.3) is 5.57 Å². The van der Waals surface area contributed by atoms with Gasteiger partial charge < -0.3 is 10.0 Å². The summed E-state index contributed by atoms with van der Waals surface area (Å²) in [5.41, 5.74) is 2.61. The van der Waals surface area contributed by atoms with Gasteiger partial charge in [-0.2, -0.15) is 0 Å². The van der Waals surface area contributed by atoms with Crippen molar-refractivity contribution in [1.82, 2.24) is 0 Å². The largest absolute Gasteiger partial charge is 0.369 e. The average Bonchev–Trinajstić information content (AvgIpc) is 2.26. The first-order valence-electron chi connectivity index (χ1n) is 5.97. The highest BCUT2D eigenvalue weighted by Gasteiger charge is 2.43. The summed E-state index contributed by atoms with van der Waals surface area (Å²) in [6.45, 7) is 6.00. The Labute approximate surface area is 128 Å². The van der Waals surface area contributed by atoms with Crippen LogP contribution in [0.15, 0.2) is 30.3 Å². The lowest BCUT2D eigenvalue weighted by Crippen LogP contribution is -2.55. The van der Waals surface area contributed by atoms with E-state index in [0.29, 0.717) is 0 Å². The minimum absolute atomic E-state index is 0.443. The molecular weight excluding hydrogens is 305 g/mol. The first kappa shape index (κ1) is 15.0. The maximum atomic E-state index is 10.4. The Morgan fingerprint density at radius 2 is 1.79 bits per heavy atom. The number of hydrogen-bond donors (Lipinski definition) is 1. The van der Waals surface area contributed by atoms with Crippen LogP contribution in [0, 0.1) is 0 Å². The van der Waals surface area contributed by atoms with Gasteiger partial charge in [0, 0.05) is 11.3 Å². The molecule has 0 aromatic heterocycles. The molecule has 1 N–H and O–H groups in total. The summed E-state index contributed by atoms with van der Waals surface area (Å²) in [6.07, 6.45) is 0.840. The molecule has 104 valence electrons. The molecule has 1 atom stereocenters. The predicted molar refractivity (Wildman–Crippen MR) is 82.9 cm³/mol. The van der Waals surface area contributed by atoms with Gasteiger partial charge in [0.15, 0.2) is 6.23 Å². The number of aliphatic hydroxyl groups excluding tert-OH is 1. The summed E-state index contributed by atoms with van der Waals surface area (Å²) in [5.74, 6) is 0. The lowest BCUT2D eigenvalue weighted by molar-refractivity contribution is 0.154. The number of allylic oxidation sites excluding steroid dienone is 1. The van der Waals surface area contributed by atoms with Crippen LogP contribution in [0.3, 0.4) is 0 Å². The van der Waals surface area contributed by atoms with Gasteiger partial charge in [-0.25, -0.2) is 0 Å². The van der Waals surface area contributed by atoms with E-state index < -0.39 is 15.6 Å². The normalized spacial score (nSPS) is 19.7. The number of benzene rings is 1. The molecular formula is C14H16Cl3NO. The molecule has 1 unspecified atom stereocenters. The van der Waals surface area contributed by atoms with E-state index in [1.165, 1.54) is 0 Å². The monoisotopic (exact) mass is 319 g/mol. The Balaban J connectivity index is 2.59. The molecule has 0 radical (unpaired) electrons. The molecule has 1 aromatic rings. The molecule has 0 saturated carbocycles. The lowest BCUT2D eigenvalue weighted by Gasteiger charge is -2.47. The molecule has 0 bridgehead atoms. The number of alkyl halides is 3. The third-order valence-electron chi connectivity index (χ3n) is 3.32. The fraction of sp³-hybridized carbons (Fsp3) is 0.429. The molecule has 1 aromatic carbocycles. The zero-order chi connectivity index (χ0) is 14.4. The highest BCUT2D eigenvalue weighted by molar-refractivity contribution is 6.68. The summed E-state index contributed by atoms with van der Waals surface area (Å²) in [6, 6.07) is 7.78. The standard InChI is InChI=1S/C14H16Cl3NO/c1-9-8-13(2,3)18(12(19)14(15,16)17)11-7-5-4-6-10(9)11/h4-8,12,19H,1-3H3. The second-order valence-corrected chi connectivity index (χ2v) is 7.65. The molecule has 1 aliphatic heterocycles. The zero-order valence-electron chi connectivity index (χ0n) is 11.0. The first-order chi connectivity index (χ1) is 8.64. The summed E-state index contributed by atoms with van der Waals surface area (Å²) >= 11 is 17.6. The minimum Gasteiger partial charge on any atom is -0.369 e. The highest BCUT2D eigenvalue weighted by Crippen LogP contribution is 2.44. The molecule has 0 spiro atoms. The molecule has 2 nitrogen and oxygen atoms in total. The predicted octanol–water partition coefficient (Wildman–Crippen LogP) is 4.38. The number of halogens is 3. The molecule has 5 heteroatoms. The Morgan fingerprint density at radius 1 is 1.21 bits per heavy atom. The van der Waals surface area contributed by atoms with Crippen molar-refractivity contribution in [2.24, 2.45) is 0 Å². The topological polar surface area (TPSA) is 23.5 Å². The van der Waals surface area contributed by atoms with Gasteiger partial charge in [0.05, 0.1) is 5.54 Å². The third kappa shape index (κ3) is 2.73.